The Morgan fingerprint density at radius 3 is 2.40 bits per heavy atom. The predicted octanol–water partition coefficient (Wildman–Crippen LogP) is 2.50. The molecular formula is C18H35Cl2N3O2. The van der Waals surface area contributed by atoms with Gasteiger partial charge in [0.15, 0.2) is 0 Å². The van der Waals surface area contributed by atoms with Gasteiger partial charge in [0.25, 0.3) is 0 Å². The van der Waals surface area contributed by atoms with E-state index in [0.717, 1.165) is 39.1 Å². The molecule has 0 spiro atoms. The summed E-state index contributed by atoms with van der Waals surface area (Å²) in [5.74, 6) is 0.574. The fraction of sp³-hybridized carbons (Fsp3) is 0.944. The minimum atomic E-state index is 0. The second-order valence-electron chi connectivity index (χ2n) is 7.76. The van der Waals surface area contributed by atoms with Crippen molar-refractivity contribution in [3.63, 3.8) is 0 Å². The average molecular weight is 396 g/mol. The van der Waals surface area contributed by atoms with E-state index in [-0.39, 0.29) is 48.3 Å². The summed E-state index contributed by atoms with van der Waals surface area (Å²) in [4.78, 5) is 15.1. The van der Waals surface area contributed by atoms with Crippen LogP contribution in [0.2, 0.25) is 0 Å². The van der Waals surface area contributed by atoms with Crippen LogP contribution in [-0.2, 0) is 9.53 Å². The SMILES string of the molecule is CC(NC(=O)C[C@@H]1CCC[C@H]1N)C1(N2CCOCC2)CCCC1.Cl.Cl. The van der Waals surface area contributed by atoms with Gasteiger partial charge in [-0.1, -0.05) is 19.3 Å². The van der Waals surface area contributed by atoms with Gasteiger partial charge in [0.05, 0.1) is 13.2 Å². The van der Waals surface area contributed by atoms with E-state index in [2.05, 4.69) is 17.1 Å². The number of morpholine rings is 1. The zero-order valence-corrected chi connectivity index (χ0v) is 17.0. The molecule has 1 saturated heterocycles. The van der Waals surface area contributed by atoms with Crippen LogP contribution in [-0.4, -0.2) is 54.7 Å². The molecule has 3 aliphatic rings. The van der Waals surface area contributed by atoms with Crippen molar-refractivity contribution in [2.75, 3.05) is 26.3 Å². The van der Waals surface area contributed by atoms with Crippen LogP contribution in [0.15, 0.2) is 0 Å². The molecule has 0 aromatic heterocycles. The number of nitrogens with zero attached hydrogens (tertiary/aromatic N) is 1. The van der Waals surface area contributed by atoms with Crippen molar-refractivity contribution in [3.8, 4) is 0 Å². The third-order valence-corrected chi connectivity index (χ3v) is 6.46. The van der Waals surface area contributed by atoms with Gasteiger partial charge >= 0.3 is 0 Å². The smallest absolute Gasteiger partial charge is 0.220 e. The fourth-order valence-corrected chi connectivity index (χ4v) is 5.01. The standard InChI is InChI=1S/C18H33N3O2.2ClH/c1-14(20-17(22)13-15-5-4-6-16(15)19)18(7-2-3-8-18)21-9-11-23-12-10-21;;/h14-16H,2-13,19H2,1H3,(H,20,22);2*1H/t14?,15-,16+;;/m0../s1. The first-order valence-corrected chi connectivity index (χ1v) is 9.49. The maximum absolute atomic E-state index is 12.5. The third kappa shape index (κ3) is 5.23. The number of ether oxygens (including phenoxy) is 1. The summed E-state index contributed by atoms with van der Waals surface area (Å²) in [6.07, 6.45) is 8.88. The highest BCUT2D eigenvalue weighted by Gasteiger charge is 2.45. The number of carbonyl (C=O) groups excluding carboxylic acids is 1. The lowest BCUT2D eigenvalue weighted by molar-refractivity contribution is -0.124. The zero-order valence-electron chi connectivity index (χ0n) is 15.4. The Balaban J connectivity index is 0.00000156. The highest BCUT2D eigenvalue weighted by Crippen LogP contribution is 2.38. The second kappa shape index (κ2) is 10.3. The van der Waals surface area contributed by atoms with Gasteiger partial charge < -0.3 is 15.8 Å². The van der Waals surface area contributed by atoms with Crippen LogP contribution in [0, 0.1) is 5.92 Å². The summed E-state index contributed by atoms with van der Waals surface area (Å²) in [5, 5.41) is 3.33. The predicted molar refractivity (Wildman–Crippen MR) is 106 cm³/mol. The van der Waals surface area contributed by atoms with E-state index in [9.17, 15) is 4.79 Å². The molecule has 7 heteroatoms. The zero-order chi connectivity index (χ0) is 16.3. The molecule has 1 amide bonds. The maximum Gasteiger partial charge on any atom is 0.220 e. The Morgan fingerprint density at radius 2 is 1.84 bits per heavy atom. The van der Waals surface area contributed by atoms with Gasteiger partial charge in [-0.15, -0.1) is 24.8 Å². The third-order valence-electron chi connectivity index (χ3n) is 6.46. The van der Waals surface area contributed by atoms with E-state index >= 15 is 0 Å². The number of hydrogen-bond donors (Lipinski definition) is 2. The minimum Gasteiger partial charge on any atom is -0.379 e. The number of hydrogen-bond acceptors (Lipinski definition) is 4. The topological polar surface area (TPSA) is 67.6 Å². The number of rotatable bonds is 5. The molecule has 3 atom stereocenters. The Bertz CT molecular complexity index is 413. The van der Waals surface area contributed by atoms with Gasteiger partial charge in [-0.05, 0) is 38.5 Å². The molecular weight excluding hydrogens is 361 g/mol. The van der Waals surface area contributed by atoms with Crippen LogP contribution in [0.5, 0.6) is 0 Å². The lowest BCUT2D eigenvalue weighted by atomic mass is 9.86. The van der Waals surface area contributed by atoms with Crippen molar-refractivity contribution in [1.82, 2.24) is 10.2 Å². The molecule has 2 aliphatic carbocycles. The van der Waals surface area contributed by atoms with Gasteiger partial charge in [-0.3, -0.25) is 9.69 Å². The highest BCUT2D eigenvalue weighted by atomic mass is 35.5. The van der Waals surface area contributed by atoms with Crippen LogP contribution >= 0.6 is 24.8 Å². The molecule has 25 heavy (non-hydrogen) atoms. The number of halogens is 2. The van der Waals surface area contributed by atoms with E-state index in [0.29, 0.717) is 12.3 Å². The summed E-state index contributed by atoms with van der Waals surface area (Å²) in [7, 11) is 0. The lowest BCUT2D eigenvalue weighted by Gasteiger charge is -2.47. The van der Waals surface area contributed by atoms with E-state index in [1.54, 1.807) is 0 Å². The van der Waals surface area contributed by atoms with E-state index in [1.807, 2.05) is 0 Å². The molecule has 1 unspecified atom stereocenters. The van der Waals surface area contributed by atoms with E-state index < -0.39 is 0 Å². The van der Waals surface area contributed by atoms with Crippen LogP contribution in [0.25, 0.3) is 0 Å². The van der Waals surface area contributed by atoms with Crippen molar-refractivity contribution < 1.29 is 9.53 Å². The number of nitrogens with two attached hydrogens (primary N) is 1. The first-order chi connectivity index (χ1) is 11.1. The molecule has 0 aromatic rings. The van der Waals surface area contributed by atoms with Gasteiger partial charge in [0, 0.05) is 37.1 Å². The summed E-state index contributed by atoms with van der Waals surface area (Å²) < 4.78 is 5.52. The Morgan fingerprint density at radius 1 is 1.20 bits per heavy atom. The van der Waals surface area contributed by atoms with Crippen LogP contribution in [0.3, 0.4) is 0 Å². The van der Waals surface area contributed by atoms with Gasteiger partial charge in [-0.25, -0.2) is 0 Å². The molecule has 0 bridgehead atoms. The summed E-state index contributed by atoms with van der Waals surface area (Å²) in [6, 6.07) is 0.420. The molecule has 1 aliphatic heterocycles. The molecule has 5 nitrogen and oxygen atoms in total. The molecule has 148 valence electrons. The molecule has 3 rings (SSSR count). The Kier molecular flexibility index (Phi) is 9.47. The van der Waals surface area contributed by atoms with Gasteiger partial charge in [-0.2, -0.15) is 0 Å². The molecule has 3 N–H and O–H groups in total. The second-order valence-corrected chi connectivity index (χ2v) is 7.76. The normalized spacial score (nSPS) is 30.2. The fourth-order valence-electron chi connectivity index (χ4n) is 5.01. The van der Waals surface area contributed by atoms with Crippen molar-refractivity contribution >= 4 is 30.7 Å². The molecule has 0 aromatic carbocycles. The minimum absolute atomic E-state index is 0. The van der Waals surface area contributed by atoms with E-state index in [4.69, 9.17) is 10.5 Å². The summed E-state index contributed by atoms with van der Waals surface area (Å²) in [6.45, 7) is 5.83. The molecule has 0 radical (unpaired) electrons. The summed E-state index contributed by atoms with van der Waals surface area (Å²) >= 11 is 0. The number of amides is 1. The highest BCUT2D eigenvalue weighted by molar-refractivity contribution is 5.85. The quantitative estimate of drug-likeness (QED) is 0.749. The van der Waals surface area contributed by atoms with Gasteiger partial charge in [0.2, 0.25) is 5.91 Å². The monoisotopic (exact) mass is 395 g/mol. The molecule has 3 fully saturated rings. The van der Waals surface area contributed by atoms with Gasteiger partial charge in [0.1, 0.15) is 0 Å². The number of carbonyl (C=O) groups is 1. The van der Waals surface area contributed by atoms with E-state index in [1.165, 1.54) is 32.1 Å². The van der Waals surface area contributed by atoms with Crippen molar-refractivity contribution in [3.05, 3.63) is 0 Å². The van der Waals surface area contributed by atoms with Crippen LogP contribution in [0.4, 0.5) is 0 Å². The van der Waals surface area contributed by atoms with Crippen molar-refractivity contribution in [2.45, 2.75) is 75.9 Å². The molecule has 2 saturated carbocycles. The maximum atomic E-state index is 12.5. The lowest BCUT2D eigenvalue weighted by Crippen LogP contribution is -2.62. The van der Waals surface area contributed by atoms with Crippen molar-refractivity contribution in [1.29, 1.82) is 0 Å². The molecule has 1 heterocycles. The van der Waals surface area contributed by atoms with Crippen LogP contribution < -0.4 is 11.1 Å². The number of nitrogens with one attached hydrogen (secondary N) is 1. The van der Waals surface area contributed by atoms with Crippen LogP contribution in [0.1, 0.15) is 58.3 Å². The largest absolute Gasteiger partial charge is 0.379 e. The first-order valence-electron chi connectivity index (χ1n) is 9.49. The first kappa shape index (κ1) is 23.0. The Hall–Kier alpha value is -0.0700. The Labute approximate surface area is 164 Å². The average Bonchev–Trinajstić information content (AvgIpc) is 3.19. The van der Waals surface area contributed by atoms with Crippen molar-refractivity contribution in [2.24, 2.45) is 11.7 Å². The summed E-state index contributed by atoms with van der Waals surface area (Å²) in [5.41, 5.74) is 6.26.